The summed E-state index contributed by atoms with van der Waals surface area (Å²) in [7, 11) is 9.70. The Bertz CT molecular complexity index is 2530. The molecule has 1 fully saturated rings. The molecule has 526 valence electrons. The number of nitrogens with one attached hydrogen (secondary N) is 4. The number of carbonyl (C=O) groups excluding carboxylic acids is 12. The first kappa shape index (κ1) is 83.3. The Labute approximate surface area is 548 Å². The van der Waals surface area contributed by atoms with E-state index in [0.717, 1.165) is 14.7 Å². The number of amides is 11. The first-order valence-electron chi connectivity index (χ1n) is 32.7. The molecule has 92 heavy (non-hydrogen) atoms. The summed E-state index contributed by atoms with van der Waals surface area (Å²) in [6.07, 6.45) is 2.42. The quantitative estimate of drug-likeness (QED) is 0.0665. The molecule has 0 bridgehead atoms. The Hall–Kier alpha value is -6.70. The van der Waals surface area contributed by atoms with Crippen molar-refractivity contribution in [3.8, 4) is 0 Å². The molecular formula is C66H117N11O15. The summed E-state index contributed by atoms with van der Waals surface area (Å²) < 4.78 is 11.2. The Balaban J connectivity index is 4.38. The van der Waals surface area contributed by atoms with Crippen LogP contribution in [0.1, 0.15) is 163 Å². The third-order valence-electron chi connectivity index (χ3n) is 17.0. The molecule has 5 N–H and O–H groups in total. The third kappa shape index (κ3) is 24.3. The van der Waals surface area contributed by atoms with Crippen molar-refractivity contribution in [2.24, 2.45) is 35.5 Å². The SMILES string of the molecule is C/C=C/C[C@@H](C)[C@@H](O)[C@H]1C(=O)N[C@@H](CC)C(=O)N(C)CC(=O)N(C)[C@@H]([C@@H](C)OCCCCOC(C)=O)C(=O)N[C@@H](C(C)C)C(=O)N(C)[C@H](CC(C)C)C(=O)N[C@@H](C)C(=O)N[C@@H](C)C(=O)N(C)[C@@H](CC(C)C)C(=O)N(C)[C@H](CC(C)C)C(=O)N(C)[C@@H](C(C)C)C(=O)N1C. The van der Waals surface area contributed by atoms with E-state index in [0.29, 0.717) is 12.8 Å². The molecule has 1 heterocycles. The van der Waals surface area contributed by atoms with Gasteiger partial charge in [0.25, 0.3) is 0 Å². The van der Waals surface area contributed by atoms with Gasteiger partial charge in [-0.25, -0.2) is 0 Å². The second kappa shape index (κ2) is 39.1. The second-order valence-corrected chi connectivity index (χ2v) is 27.0. The van der Waals surface area contributed by atoms with Gasteiger partial charge in [0.15, 0.2) is 0 Å². The van der Waals surface area contributed by atoms with Gasteiger partial charge in [0.2, 0.25) is 65.0 Å². The molecule has 1 aliphatic heterocycles. The van der Waals surface area contributed by atoms with Gasteiger partial charge in [-0.2, -0.15) is 0 Å². The van der Waals surface area contributed by atoms with Gasteiger partial charge in [-0.05, 0) is 108 Å². The maximum absolute atomic E-state index is 15.2. The van der Waals surface area contributed by atoms with E-state index >= 15 is 14.4 Å². The molecule has 0 aromatic carbocycles. The lowest BCUT2D eigenvalue weighted by molar-refractivity contribution is -0.157. The Kier molecular flexibility index (Phi) is 35.4. The van der Waals surface area contributed by atoms with Crippen molar-refractivity contribution in [2.45, 2.75) is 235 Å². The number of nitrogens with zero attached hydrogens (tertiary/aromatic N) is 7. The minimum atomic E-state index is -1.65. The fraction of sp³-hybridized carbons (Fsp3) is 0.788. The van der Waals surface area contributed by atoms with E-state index in [9.17, 15) is 48.3 Å². The summed E-state index contributed by atoms with van der Waals surface area (Å²) in [4.78, 5) is 181. The van der Waals surface area contributed by atoms with Crippen LogP contribution in [0, 0.1) is 35.5 Å². The number of rotatable bonds is 20. The van der Waals surface area contributed by atoms with Crippen LogP contribution >= 0.6 is 0 Å². The van der Waals surface area contributed by atoms with E-state index in [1.807, 2.05) is 41.5 Å². The molecule has 1 aliphatic rings. The van der Waals surface area contributed by atoms with Gasteiger partial charge in [0.1, 0.15) is 60.4 Å². The summed E-state index contributed by atoms with van der Waals surface area (Å²) in [5.74, 6) is -10.8. The van der Waals surface area contributed by atoms with E-state index < -0.39 is 168 Å². The topological polar surface area (TPSA) is 314 Å². The summed E-state index contributed by atoms with van der Waals surface area (Å²) in [5, 5.41) is 23.1. The molecule has 0 saturated carbocycles. The maximum Gasteiger partial charge on any atom is 0.302 e. The number of likely N-dealkylation sites (N-methyl/N-ethyl adjacent to an activating group) is 7. The van der Waals surface area contributed by atoms with Crippen LogP contribution < -0.4 is 21.3 Å². The Morgan fingerprint density at radius 2 is 1.00 bits per heavy atom. The first-order valence-corrected chi connectivity index (χ1v) is 32.7. The lowest BCUT2D eigenvalue weighted by Gasteiger charge is -2.41. The molecule has 1 saturated heterocycles. The largest absolute Gasteiger partial charge is 0.466 e. The number of hydrogen-bond acceptors (Lipinski definition) is 15. The molecule has 0 aromatic rings. The molecule has 1 rings (SSSR count). The lowest BCUT2D eigenvalue weighted by atomic mass is 9.91. The average Bonchev–Trinajstić information content (AvgIpc) is 0.831. The van der Waals surface area contributed by atoms with E-state index in [4.69, 9.17) is 9.47 Å². The minimum Gasteiger partial charge on any atom is -0.466 e. The van der Waals surface area contributed by atoms with Crippen LogP contribution in [-0.2, 0) is 67.0 Å². The first-order chi connectivity index (χ1) is 42.6. The van der Waals surface area contributed by atoms with Gasteiger partial charge >= 0.3 is 5.97 Å². The summed E-state index contributed by atoms with van der Waals surface area (Å²) in [5.41, 5.74) is 0. The van der Waals surface area contributed by atoms with Crippen molar-refractivity contribution in [3.05, 3.63) is 12.2 Å². The van der Waals surface area contributed by atoms with E-state index in [2.05, 4.69) is 21.3 Å². The number of aliphatic hydroxyl groups is 1. The Morgan fingerprint density at radius 1 is 0.533 bits per heavy atom. The lowest BCUT2D eigenvalue weighted by Crippen LogP contribution is -2.63. The molecule has 11 amide bonds. The minimum absolute atomic E-state index is 0.0238. The zero-order valence-corrected chi connectivity index (χ0v) is 59.9. The number of aliphatic hydroxyl groups excluding tert-OH is 1. The molecule has 0 radical (unpaired) electrons. The molecule has 0 aliphatic carbocycles. The monoisotopic (exact) mass is 1300 g/mol. The zero-order chi connectivity index (χ0) is 71.1. The van der Waals surface area contributed by atoms with Crippen LogP contribution in [0.5, 0.6) is 0 Å². The molecule has 0 spiro atoms. The zero-order valence-electron chi connectivity index (χ0n) is 59.9. The van der Waals surface area contributed by atoms with Crippen molar-refractivity contribution >= 4 is 70.9 Å². The number of unbranched alkanes of at least 4 members (excludes halogenated alkanes) is 1. The number of hydrogen-bond donors (Lipinski definition) is 5. The van der Waals surface area contributed by atoms with Gasteiger partial charge in [0.05, 0.1) is 25.4 Å². The van der Waals surface area contributed by atoms with Crippen molar-refractivity contribution in [1.82, 2.24) is 55.6 Å². The fourth-order valence-electron chi connectivity index (χ4n) is 11.2. The molecular weight excluding hydrogens is 1190 g/mol. The Morgan fingerprint density at radius 3 is 1.49 bits per heavy atom. The highest BCUT2D eigenvalue weighted by molar-refractivity contribution is 5.99. The number of esters is 1. The van der Waals surface area contributed by atoms with Crippen molar-refractivity contribution < 1.29 is 72.1 Å². The van der Waals surface area contributed by atoms with Gasteiger partial charge in [0, 0.05) is 62.9 Å². The normalized spacial score (nSPS) is 26.0. The van der Waals surface area contributed by atoms with E-state index in [1.165, 1.54) is 89.7 Å². The van der Waals surface area contributed by atoms with E-state index in [1.54, 1.807) is 67.5 Å². The average molecular weight is 1300 g/mol. The van der Waals surface area contributed by atoms with Crippen molar-refractivity contribution in [1.29, 1.82) is 0 Å². The molecule has 0 aromatic heterocycles. The van der Waals surface area contributed by atoms with Gasteiger partial charge in [-0.1, -0.05) is 95.2 Å². The highest BCUT2D eigenvalue weighted by Crippen LogP contribution is 2.26. The van der Waals surface area contributed by atoms with Gasteiger partial charge < -0.3 is 70.1 Å². The molecule has 26 nitrogen and oxygen atoms in total. The van der Waals surface area contributed by atoms with Gasteiger partial charge in [-0.3, -0.25) is 57.5 Å². The predicted molar refractivity (Wildman–Crippen MR) is 350 cm³/mol. The molecule has 13 atom stereocenters. The standard InChI is InChI=1S/C66H117N11O15/c1-25-27-30-42(13)56(80)55-60(84)69-47(26-2)62(86)71(18)36-51(79)75(22)54(45(16)91-31-28-29-32-92-46(17)78)59(83)70-52(40(9)10)65(89)72(19)48(33-37(3)4)58(82)67-43(14)57(81)68-44(15)61(85)73(20)49(34-38(5)6)63(87)74(21)50(35-39(7)8)64(88)76(23)53(41(11)12)66(90)77(55)24/h25,27,37-45,47-50,52-56,80H,26,28-36H2,1-24H3,(H,67,82)(H,68,81)(H,69,84)(H,70,83)/b27-25+/t42-,43+,44+,45-,47+,48-,49+,50-,52+,53+,54+,55+,56-/m1/s1. The number of carbonyl (C=O) groups is 12. The molecule has 26 heteroatoms. The third-order valence-corrected chi connectivity index (χ3v) is 17.0. The van der Waals surface area contributed by atoms with Crippen LogP contribution in [0.4, 0.5) is 0 Å². The highest BCUT2D eigenvalue weighted by atomic mass is 16.5. The molecule has 0 unspecified atom stereocenters. The van der Waals surface area contributed by atoms with Gasteiger partial charge in [-0.15, -0.1) is 0 Å². The van der Waals surface area contributed by atoms with Crippen LogP contribution in [-0.4, -0.2) is 252 Å². The van der Waals surface area contributed by atoms with Crippen LogP contribution in [0.3, 0.4) is 0 Å². The van der Waals surface area contributed by atoms with Crippen LogP contribution in [0.2, 0.25) is 0 Å². The highest BCUT2D eigenvalue weighted by Gasteiger charge is 2.46. The summed E-state index contributed by atoms with van der Waals surface area (Å²) in [6, 6.07) is -13.1. The van der Waals surface area contributed by atoms with Crippen LogP contribution in [0.25, 0.3) is 0 Å². The van der Waals surface area contributed by atoms with Crippen LogP contribution in [0.15, 0.2) is 12.2 Å². The van der Waals surface area contributed by atoms with Crippen molar-refractivity contribution in [3.63, 3.8) is 0 Å². The summed E-state index contributed by atoms with van der Waals surface area (Å²) >= 11 is 0. The van der Waals surface area contributed by atoms with E-state index in [-0.39, 0.29) is 63.1 Å². The maximum atomic E-state index is 15.2. The smallest absolute Gasteiger partial charge is 0.302 e. The second-order valence-electron chi connectivity index (χ2n) is 27.0. The fourth-order valence-corrected chi connectivity index (χ4v) is 11.2. The number of ether oxygens (including phenoxy) is 2. The number of allylic oxidation sites excluding steroid dienone is 2. The summed E-state index contributed by atoms with van der Waals surface area (Å²) in [6.45, 7) is 28.2. The predicted octanol–water partition coefficient (Wildman–Crippen LogP) is 2.97. The van der Waals surface area contributed by atoms with Crippen molar-refractivity contribution in [2.75, 3.05) is 69.1 Å².